The summed E-state index contributed by atoms with van der Waals surface area (Å²) in [5.41, 5.74) is 4.41. The van der Waals surface area contributed by atoms with Crippen molar-refractivity contribution >= 4 is 40.3 Å². The summed E-state index contributed by atoms with van der Waals surface area (Å²) in [5, 5.41) is 9.33. The molecule has 1 heterocycles. The van der Waals surface area contributed by atoms with Gasteiger partial charge in [0.1, 0.15) is 25.6 Å². The van der Waals surface area contributed by atoms with Gasteiger partial charge in [0.2, 0.25) is 0 Å². The highest BCUT2D eigenvalue weighted by Gasteiger charge is 2.31. The molecule has 2 aromatic rings. The van der Waals surface area contributed by atoms with E-state index in [0.717, 1.165) is 24.2 Å². The van der Waals surface area contributed by atoms with Gasteiger partial charge in [0.05, 0.1) is 16.8 Å². The summed E-state index contributed by atoms with van der Waals surface area (Å²) in [6, 6.07) is 14.1. The Morgan fingerprint density at radius 3 is 2.30 bits per heavy atom. The number of hydrogen-bond acceptors (Lipinski definition) is 5. The first-order valence-electron chi connectivity index (χ1n) is 8.56. The van der Waals surface area contributed by atoms with E-state index in [2.05, 4.69) is 27.3 Å². The molecule has 1 saturated heterocycles. The van der Waals surface area contributed by atoms with Crippen LogP contribution in [-0.4, -0.2) is 32.2 Å². The van der Waals surface area contributed by atoms with Crippen molar-refractivity contribution in [3.8, 4) is 0 Å². The first-order valence-corrected chi connectivity index (χ1v) is 9.32. The van der Waals surface area contributed by atoms with Crippen LogP contribution in [0.1, 0.15) is 30.5 Å². The molecule has 1 aliphatic rings. The number of benzene rings is 2. The van der Waals surface area contributed by atoms with Crippen molar-refractivity contribution in [3.63, 3.8) is 0 Å². The molecule has 1 aliphatic heterocycles. The fourth-order valence-electron chi connectivity index (χ4n) is 3.20. The molecular weight excluding hydrogens is 385 g/mol. The monoisotopic (exact) mass is 405 g/mol. The lowest BCUT2D eigenvalue weighted by atomic mass is 9.92. The number of hydrogen-bond donors (Lipinski definition) is 0. The van der Waals surface area contributed by atoms with Crippen LogP contribution in [0.4, 0.5) is 5.69 Å². The third-order valence-electron chi connectivity index (χ3n) is 4.56. The SMILES string of the molecule is CO/N=C(C)/C(=N/OC)c1ccc(C2CCN2c2ccc(Cl)cc2Cl)cc1. The first-order chi connectivity index (χ1) is 13.0. The van der Waals surface area contributed by atoms with Crippen LogP contribution >= 0.6 is 23.2 Å². The summed E-state index contributed by atoms with van der Waals surface area (Å²) < 4.78 is 0. The molecule has 3 rings (SSSR count). The van der Waals surface area contributed by atoms with E-state index >= 15 is 0 Å². The van der Waals surface area contributed by atoms with Crippen LogP contribution in [0.2, 0.25) is 10.0 Å². The fourth-order valence-corrected chi connectivity index (χ4v) is 3.72. The second kappa shape index (κ2) is 8.63. The Morgan fingerprint density at radius 2 is 1.74 bits per heavy atom. The average Bonchev–Trinajstić information content (AvgIpc) is 2.62. The van der Waals surface area contributed by atoms with Crippen LogP contribution in [0.15, 0.2) is 52.8 Å². The Labute approximate surface area is 169 Å². The van der Waals surface area contributed by atoms with Gasteiger partial charge in [0.25, 0.3) is 0 Å². The molecule has 1 fully saturated rings. The van der Waals surface area contributed by atoms with Gasteiger partial charge < -0.3 is 14.6 Å². The van der Waals surface area contributed by atoms with Gasteiger partial charge in [-0.05, 0) is 37.1 Å². The molecule has 0 aliphatic carbocycles. The Kier molecular flexibility index (Phi) is 6.24. The first kappa shape index (κ1) is 19.5. The summed E-state index contributed by atoms with van der Waals surface area (Å²) in [6.45, 7) is 2.79. The molecule has 0 bridgehead atoms. The van der Waals surface area contributed by atoms with E-state index in [1.54, 1.807) is 6.07 Å². The van der Waals surface area contributed by atoms with Gasteiger partial charge in [0, 0.05) is 17.1 Å². The summed E-state index contributed by atoms with van der Waals surface area (Å²) in [7, 11) is 3.01. The van der Waals surface area contributed by atoms with Gasteiger partial charge in [-0.1, -0.05) is 57.8 Å². The van der Waals surface area contributed by atoms with Crippen LogP contribution < -0.4 is 4.90 Å². The number of anilines is 1. The van der Waals surface area contributed by atoms with Crippen LogP contribution in [-0.2, 0) is 9.68 Å². The molecule has 27 heavy (non-hydrogen) atoms. The van der Waals surface area contributed by atoms with Crippen molar-refractivity contribution in [2.45, 2.75) is 19.4 Å². The molecule has 142 valence electrons. The van der Waals surface area contributed by atoms with E-state index < -0.39 is 0 Å². The molecule has 0 spiro atoms. The lowest BCUT2D eigenvalue weighted by Gasteiger charge is -2.43. The second-order valence-electron chi connectivity index (χ2n) is 6.20. The van der Waals surface area contributed by atoms with E-state index in [1.165, 1.54) is 19.8 Å². The van der Waals surface area contributed by atoms with Crippen molar-refractivity contribution in [1.29, 1.82) is 0 Å². The van der Waals surface area contributed by atoms with Crippen LogP contribution in [0.5, 0.6) is 0 Å². The lowest BCUT2D eigenvalue weighted by molar-refractivity contribution is 0.210. The summed E-state index contributed by atoms with van der Waals surface area (Å²) in [4.78, 5) is 12.1. The molecule has 1 atom stereocenters. The maximum Gasteiger partial charge on any atom is 0.134 e. The molecule has 0 aromatic heterocycles. The Balaban J connectivity index is 1.83. The Bertz CT molecular complexity index is 866. The summed E-state index contributed by atoms with van der Waals surface area (Å²) >= 11 is 12.4. The molecule has 0 amide bonds. The van der Waals surface area contributed by atoms with Crippen molar-refractivity contribution in [1.82, 2.24) is 0 Å². The van der Waals surface area contributed by atoms with Gasteiger partial charge >= 0.3 is 0 Å². The average molecular weight is 406 g/mol. The number of halogens is 2. The third-order valence-corrected chi connectivity index (χ3v) is 5.10. The second-order valence-corrected chi connectivity index (χ2v) is 7.04. The number of nitrogens with zero attached hydrogens (tertiary/aromatic N) is 3. The highest BCUT2D eigenvalue weighted by Crippen LogP contribution is 2.41. The topological polar surface area (TPSA) is 46.4 Å². The predicted octanol–water partition coefficient (Wildman–Crippen LogP) is 5.32. The van der Waals surface area contributed by atoms with Crippen molar-refractivity contribution in [2.24, 2.45) is 10.3 Å². The van der Waals surface area contributed by atoms with Gasteiger partial charge in [0.15, 0.2) is 0 Å². The minimum Gasteiger partial charge on any atom is -0.399 e. The number of oxime groups is 2. The standard InChI is InChI=1S/C20H21Cl2N3O2/c1-13(23-26-2)20(24-27-3)15-6-4-14(5-7-15)18-10-11-25(18)19-9-8-16(21)12-17(19)22/h4-9,12,18H,10-11H2,1-3H3/b23-13+,24-20-. The number of rotatable bonds is 6. The zero-order chi connectivity index (χ0) is 19.4. The molecule has 2 aromatic carbocycles. The molecule has 5 nitrogen and oxygen atoms in total. The molecule has 0 N–H and O–H groups in total. The van der Waals surface area contributed by atoms with Gasteiger partial charge in [-0.2, -0.15) is 0 Å². The highest BCUT2D eigenvalue weighted by atomic mass is 35.5. The maximum absolute atomic E-state index is 6.38. The minimum absolute atomic E-state index is 0.286. The summed E-state index contributed by atoms with van der Waals surface area (Å²) in [6.07, 6.45) is 1.07. The molecule has 0 saturated carbocycles. The normalized spacial score (nSPS) is 17.5. The van der Waals surface area contributed by atoms with E-state index in [9.17, 15) is 0 Å². The van der Waals surface area contributed by atoms with Gasteiger partial charge in [-0.15, -0.1) is 0 Å². The van der Waals surface area contributed by atoms with E-state index in [1.807, 2.05) is 31.2 Å². The zero-order valence-electron chi connectivity index (χ0n) is 15.4. The lowest BCUT2D eigenvalue weighted by Crippen LogP contribution is -2.41. The van der Waals surface area contributed by atoms with E-state index in [4.69, 9.17) is 32.9 Å². The smallest absolute Gasteiger partial charge is 0.134 e. The quantitative estimate of drug-likeness (QED) is 0.482. The minimum atomic E-state index is 0.286. The van der Waals surface area contributed by atoms with Crippen LogP contribution in [0.3, 0.4) is 0 Å². The molecule has 1 unspecified atom stereocenters. The van der Waals surface area contributed by atoms with Crippen molar-refractivity contribution in [3.05, 3.63) is 63.6 Å². The maximum atomic E-state index is 6.38. The van der Waals surface area contributed by atoms with Crippen molar-refractivity contribution < 1.29 is 9.68 Å². The van der Waals surface area contributed by atoms with Gasteiger partial charge in [-0.25, -0.2) is 0 Å². The Morgan fingerprint density at radius 1 is 1.04 bits per heavy atom. The molecular formula is C20H21Cl2N3O2. The summed E-state index contributed by atoms with van der Waals surface area (Å²) in [5.74, 6) is 0. The predicted molar refractivity (Wildman–Crippen MR) is 111 cm³/mol. The van der Waals surface area contributed by atoms with E-state index in [-0.39, 0.29) is 6.04 Å². The van der Waals surface area contributed by atoms with Crippen LogP contribution in [0.25, 0.3) is 0 Å². The molecule has 0 radical (unpaired) electrons. The van der Waals surface area contributed by atoms with Crippen LogP contribution in [0, 0.1) is 0 Å². The zero-order valence-corrected chi connectivity index (χ0v) is 17.0. The van der Waals surface area contributed by atoms with Gasteiger partial charge in [-0.3, -0.25) is 0 Å². The Hall–Kier alpha value is -2.24. The largest absolute Gasteiger partial charge is 0.399 e. The highest BCUT2D eigenvalue weighted by molar-refractivity contribution is 6.47. The van der Waals surface area contributed by atoms with Crippen molar-refractivity contribution in [2.75, 3.05) is 25.7 Å². The van der Waals surface area contributed by atoms with E-state index in [0.29, 0.717) is 21.5 Å². The third kappa shape index (κ3) is 4.20. The fraction of sp³-hybridized carbons (Fsp3) is 0.300. The molecule has 7 heteroatoms.